The molecule has 1 heterocycles. The smallest absolute Gasteiger partial charge is 0.234 e. The van der Waals surface area contributed by atoms with Crippen LogP contribution in [0.25, 0.3) is 0 Å². The van der Waals surface area contributed by atoms with Gasteiger partial charge in [-0.3, -0.25) is 4.79 Å². The Kier molecular flexibility index (Phi) is 3.99. The molecule has 0 fully saturated rings. The predicted octanol–water partition coefficient (Wildman–Crippen LogP) is 2.01. The van der Waals surface area contributed by atoms with Crippen LogP contribution in [-0.2, 0) is 4.79 Å². The lowest BCUT2D eigenvalue weighted by molar-refractivity contribution is -0.113. The molecule has 5 nitrogen and oxygen atoms in total. The van der Waals surface area contributed by atoms with E-state index in [0.717, 1.165) is 0 Å². The van der Waals surface area contributed by atoms with Crippen molar-refractivity contribution in [1.82, 2.24) is 9.97 Å². The zero-order valence-corrected chi connectivity index (χ0v) is 10.2. The topological polar surface area (TPSA) is 81.6 Å². The number of hydrogen-bond acceptors (Lipinski definition) is 4. The summed E-state index contributed by atoms with van der Waals surface area (Å²) < 4.78 is 0. The van der Waals surface area contributed by atoms with Gasteiger partial charge in [-0.1, -0.05) is 23.9 Å². The molecule has 1 aromatic heterocycles. The Morgan fingerprint density at radius 1 is 1.50 bits per heavy atom. The number of nitriles is 1. The number of rotatable bonds is 4. The van der Waals surface area contributed by atoms with Gasteiger partial charge in [0.25, 0.3) is 0 Å². The Labute approximate surface area is 108 Å². The van der Waals surface area contributed by atoms with E-state index >= 15 is 0 Å². The molecule has 2 N–H and O–H groups in total. The number of para-hydroxylation sites is 1. The average molecular weight is 258 g/mol. The van der Waals surface area contributed by atoms with Crippen LogP contribution in [0.5, 0.6) is 0 Å². The third-order valence-corrected chi connectivity index (χ3v) is 3.04. The molecule has 0 aliphatic heterocycles. The van der Waals surface area contributed by atoms with Crippen LogP contribution in [0.3, 0.4) is 0 Å². The van der Waals surface area contributed by atoms with E-state index in [4.69, 9.17) is 5.26 Å². The van der Waals surface area contributed by atoms with Crippen molar-refractivity contribution < 1.29 is 4.79 Å². The van der Waals surface area contributed by atoms with Crippen molar-refractivity contribution in [3.8, 4) is 6.07 Å². The maximum absolute atomic E-state index is 11.7. The minimum absolute atomic E-state index is 0.167. The summed E-state index contributed by atoms with van der Waals surface area (Å²) in [7, 11) is 0. The molecule has 0 bridgehead atoms. The number of nitrogens with one attached hydrogen (secondary N) is 2. The Morgan fingerprint density at radius 2 is 2.33 bits per heavy atom. The van der Waals surface area contributed by atoms with Crippen LogP contribution >= 0.6 is 11.8 Å². The van der Waals surface area contributed by atoms with E-state index in [0.29, 0.717) is 16.4 Å². The Bertz CT molecular complexity index is 574. The number of carbonyl (C=O) groups excluding carboxylic acids is 1. The maximum Gasteiger partial charge on any atom is 0.234 e. The number of imidazole rings is 1. The lowest BCUT2D eigenvalue weighted by Crippen LogP contribution is -2.14. The normalized spacial score (nSPS) is 9.72. The summed E-state index contributed by atoms with van der Waals surface area (Å²) in [5.41, 5.74) is 0.985. The van der Waals surface area contributed by atoms with E-state index in [1.165, 1.54) is 11.8 Å². The molecular weight excluding hydrogens is 248 g/mol. The summed E-state index contributed by atoms with van der Waals surface area (Å²) in [5.74, 6) is 0.0758. The van der Waals surface area contributed by atoms with Crippen LogP contribution in [0.2, 0.25) is 0 Å². The molecule has 1 amide bonds. The second-order valence-corrected chi connectivity index (χ2v) is 4.35. The molecule has 0 saturated carbocycles. The molecule has 0 aliphatic carbocycles. The highest BCUT2D eigenvalue weighted by Gasteiger charge is 2.07. The third-order valence-electron chi connectivity index (χ3n) is 2.13. The maximum atomic E-state index is 11.7. The molecule has 0 saturated heterocycles. The molecule has 0 radical (unpaired) electrons. The van der Waals surface area contributed by atoms with E-state index in [9.17, 15) is 4.79 Å². The van der Waals surface area contributed by atoms with E-state index < -0.39 is 0 Å². The molecule has 90 valence electrons. The van der Waals surface area contributed by atoms with E-state index in [1.807, 2.05) is 6.07 Å². The predicted molar refractivity (Wildman–Crippen MR) is 69.1 cm³/mol. The fourth-order valence-corrected chi connectivity index (χ4v) is 1.97. The van der Waals surface area contributed by atoms with Crippen LogP contribution < -0.4 is 5.32 Å². The number of thioether (sulfide) groups is 1. The van der Waals surface area contributed by atoms with Crippen molar-refractivity contribution >= 4 is 23.4 Å². The second-order valence-electron chi connectivity index (χ2n) is 3.39. The van der Waals surface area contributed by atoms with Gasteiger partial charge in [-0.05, 0) is 12.1 Å². The highest BCUT2D eigenvalue weighted by atomic mass is 32.2. The Balaban J connectivity index is 1.93. The van der Waals surface area contributed by atoms with E-state index in [2.05, 4.69) is 15.3 Å². The summed E-state index contributed by atoms with van der Waals surface area (Å²) in [6.45, 7) is 0. The first kappa shape index (κ1) is 12.2. The molecule has 0 aliphatic rings. The van der Waals surface area contributed by atoms with Crippen LogP contribution in [-0.4, -0.2) is 21.6 Å². The monoisotopic (exact) mass is 258 g/mol. The van der Waals surface area contributed by atoms with Crippen molar-refractivity contribution in [2.24, 2.45) is 0 Å². The first-order valence-electron chi connectivity index (χ1n) is 5.21. The zero-order chi connectivity index (χ0) is 12.8. The van der Waals surface area contributed by atoms with Gasteiger partial charge in [0, 0.05) is 12.4 Å². The van der Waals surface area contributed by atoms with Crippen molar-refractivity contribution in [3.05, 3.63) is 42.2 Å². The molecule has 2 rings (SSSR count). The van der Waals surface area contributed by atoms with Gasteiger partial charge < -0.3 is 10.3 Å². The fourth-order valence-electron chi connectivity index (χ4n) is 1.34. The van der Waals surface area contributed by atoms with Crippen LogP contribution in [0, 0.1) is 11.3 Å². The van der Waals surface area contributed by atoms with Gasteiger partial charge in [-0.2, -0.15) is 5.26 Å². The van der Waals surface area contributed by atoms with Gasteiger partial charge in [0.1, 0.15) is 6.07 Å². The van der Waals surface area contributed by atoms with Crippen LogP contribution in [0.15, 0.2) is 41.8 Å². The molecule has 0 unspecified atom stereocenters. The van der Waals surface area contributed by atoms with Crippen molar-refractivity contribution in [2.75, 3.05) is 11.1 Å². The Hall–Kier alpha value is -2.26. The summed E-state index contributed by atoms with van der Waals surface area (Å²) >= 11 is 1.31. The quantitative estimate of drug-likeness (QED) is 0.822. The first-order chi connectivity index (χ1) is 8.79. The van der Waals surface area contributed by atoms with Crippen LogP contribution in [0.4, 0.5) is 5.69 Å². The van der Waals surface area contributed by atoms with Crippen molar-refractivity contribution in [3.63, 3.8) is 0 Å². The number of H-pyrrole nitrogens is 1. The Morgan fingerprint density at radius 3 is 3.06 bits per heavy atom. The van der Waals surface area contributed by atoms with Gasteiger partial charge in [0.15, 0.2) is 5.16 Å². The van der Waals surface area contributed by atoms with E-state index in [-0.39, 0.29) is 11.7 Å². The molecule has 2 aromatic rings. The summed E-state index contributed by atoms with van der Waals surface area (Å²) in [4.78, 5) is 18.6. The number of amides is 1. The SMILES string of the molecule is N#Cc1ccccc1NC(=O)CSc1ncc[nH]1. The number of aromatic amines is 1. The number of carbonyl (C=O) groups is 1. The molecule has 0 spiro atoms. The second kappa shape index (κ2) is 5.89. The van der Waals surface area contributed by atoms with Crippen LogP contribution in [0.1, 0.15) is 5.56 Å². The number of benzene rings is 1. The lowest BCUT2D eigenvalue weighted by Gasteiger charge is -2.05. The van der Waals surface area contributed by atoms with Gasteiger partial charge in [-0.25, -0.2) is 4.98 Å². The number of anilines is 1. The van der Waals surface area contributed by atoms with Gasteiger partial charge in [0.05, 0.1) is 17.0 Å². The molecule has 0 atom stereocenters. The standard InChI is InChI=1S/C12H10N4OS/c13-7-9-3-1-2-4-10(9)16-11(17)8-18-12-14-5-6-15-12/h1-6H,8H2,(H,14,15)(H,16,17). The minimum Gasteiger partial charge on any atom is -0.340 e. The summed E-state index contributed by atoms with van der Waals surface area (Å²) in [6, 6.07) is 8.92. The molecule has 18 heavy (non-hydrogen) atoms. The highest BCUT2D eigenvalue weighted by Crippen LogP contribution is 2.15. The van der Waals surface area contributed by atoms with Gasteiger partial charge >= 0.3 is 0 Å². The fraction of sp³-hybridized carbons (Fsp3) is 0.0833. The largest absolute Gasteiger partial charge is 0.340 e. The molecule has 1 aromatic carbocycles. The third kappa shape index (κ3) is 3.12. The van der Waals surface area contributed by atoms with Crippen molar-refractivity contribution in [1.29, 1.82) is 5.26 Å². The molecular formula is C12H10N4OS. The lowest BCUT2D eigenvalue weighted by atomic mass is 10.2. The number of nitrogens with zero attached hydrogens (tertiary/aromatic N) is 2. The summed E-state index contributed by atoms with van der Waals surface area (Å²) in [6.07, 6.45) is 3.33. The minimum atomic E-state index is -0.167. The average Bonchev–Trinajstić information content (AvgIpc) is 2.90. The highest BCUT2D eigenvalue weighted by molar-refractivity contribution is 7.99. The number of aromatic nitrogens is 2. The molecule has 6 heteroatoms. The first-order valence-corrected chi connectivity index (χ1v) is 6.19. The zero-order valence-electron chi connectivity index (χ0n) is 9.38. The summed E-state index contributed by atoms with van der Waals surface area (Å²) in [5, 5.41) is 12.3. The van der Waals surface area contributed by atoms with E-state index in [1.54, 1.807) is 36.7 Å². The van der Waals surface area contributed by atoms with Gasteiger partial charge in [0.2, 0.25) is 5.91 Å². The van der Waals surface area contributed by atoms with Gasteiger partial charge in [-0.15, -0.1) is 0 Å². The van der Waals surface area contributed by atoms with Crippen molar-refractivity contribution in [2.45, 2.75) is 5.16 Å². The number of hydrogen-bond donors (Lipinski definition) is 2.